The van der Waals surface area contributed by atoms with E-state index in [2.05, 4.69) is 34.2 Å². The summed E-state index contributed by atoms with van der Waals surface area (Å²) in [7, 11) is -1.47. The number of allylic oxidation sites excluding steroid dienone is 2. The van der Waals surface area contributed by atoms with E-state index in [-0.39, 0.29) is 60.7 Å². The predicted molar refractivity (Wildman–Crippen MR) is 233 cm³/mol. The van der Waals surface area contributed by atoms with Gasteiger partial charge in [-0.3, -0.25) is 38.9 Å². The summed E-state index contributed by atoms with van der Waals surface area (Å²) in [5, 5.41) is 16.4. The molecular weight excluding hydrogens is 878 g/mol. The third kappa shape index (κ3) is 85.3. The number of aliphatic hydroxyl groups excluding tert-OH is 2. The summed E-state index contributed by atoms with van der Waals surface area (Å²) < 4.78 is 42.0. The molecule has 0 saturated carbocycles. The number of aliphatic hydroxyl groups is 2. The summed E-state index contributed by atoms with van der Waals surface area (Å²) in [5.74, 6) is -0.836. The van der Waals surface area contributed by atoms with E-state index >= 15 is 0 Å². The van der Waals surface area contributed by atoms with Crippen molar-refractivity contribution in [3.63, 3.8) is 0 Å². The van der Waals surface area contributed by atoms with Crippen LogP contribution in [0.15, 0.2) is 73.8 Å². The van der Waals surface area contributed by atoms with E-state index in [0.29, 0.717) is 71.5 Å². The minimum Gasteiger partial charge on any atom is -0.516 e. The Balaban J connectivity index is -0.0000000741. The maximum Gasteiger partial charge on any atom is 2.00 e. The molecule has 0 heterocycles. The Morgan fingerprint density at radius 3 is 1.38 bits per heavy atom. The van der Waals surface area contributed by atoms with Crippen molar-refractivity contribution < 1.29 is 83.2 Å². The molecule has 24 heteroatoms. The molecule has 21 nitrogen and oxygen atoms in total. The van der Waals surface area contributed by atoms with Gasteiger partial charge in [-0.25, -0.2) is 0 Å². The fourth-order valence-corrected chi connectivity index (χ4v) is 2.56. The third-order valence-electron chi connectivity index (χ3n) is 4.46. The zero-order chi connectivity index (χ0) is 44.9. The average Bonchev–Trinajstić information content (AvgIpc) is 3.21. The third-order valence-corrected chi connectivity index (χ3v) is 5.33. The topological polar surface area (TPSA) is 352 Å². The number of carbonyl (C=O) groups excluding carboxylic acids is 6. The van der Waals surface area contributed by atoms with Gasteiger partial charge < -0.3 is 56.0 Å². The van der Waals surface area contributed by atoms with Crippen LogP contribution in [0.25, 0.3) is 0 Å². The second kappa shape index (κ2) is 68.7. The molecule has 0 aliphatic carbocycles. The van der Waals surface area contributed by atoms with Crippen LogP contribution in [0.2, 0.25) is 0 Å². The number of methoxy groups -OCH3 is 2. The van der Waals surface area contributed by atoms with Crippen LogP contribution in [-0.2, 0) is 70.2 Å². The van der Waals surface area contributed by atoms with Crippen LogP contribution in [0.3, 0.4) is 0 Å². The number of benzene rings is 1. The number of carbonyl (C=O) groups is 6. The van der Waals surface area contributed by atoms with E-state index < -0.39 is 16.1 Å². The van der Waals surface area contributed by atoms with Crippen molar-refractivity contribution in [1.82, 2.24) is 0 Å². The molecule has 60 heavy (non-hydrogen) atoms. The van der Waals surface area contributed by atoms with Crippen LogP contribution < -0.4 is 17.2 Å². The summed E-state index contributed by atoms with van der Waals surface area (Å²) in [6.45, 7) is 7.83. The average molecular weight is 942 g/mol. The van der Waals surface area contributed by atoms with E-state index in [4.69, 9.17) is 36.8 Å². The van der Waals surface area contributed by atoms with Crippen molar-refractivity contribution in [2.75, 3.05) is 66.6 Å². The van der Waals surface area contributed by atoms with Gasteiger partial charge in [-0.1, -0.05) is 25.1 Å². The molecule has 0 amide bonds. The zero-order valence-electron chi connectivity index (χ0n) is 33.5. The van der Waals surface area contributed by atoms with E-state index in [9.17, 15) is 32.4 Å². The number of aliphatic imine (C=N–C) groups is 4. The van der Waals surface area contributed by atoms with E-state index in [1.807, 2.05) is 6.92 Å². The molecular formula is C36H64ClFeN7O14S+2. The summed E-state index contributed by atoms with van der Waals surface area (Å²) >= 11 is 0. The van der Waals surface area contributed by atoms with E-state index in [1.165, 1.54) is 50.9 Å². The fourth-order valence-electron chi connectivity index (χ4n) is 2.08. The summed E-state index contributed by atoms with van der Waals surface area (Å²) in [4.78, 5) is 73.6. The first-order chi connectivity index (χ1) is 27.3. The van der Waals surface area contributed by atoms with Crippen molar-refractivity contribution in [3.05, 3.63) is 54.5 Å². The van der Waals surface area contributed by atoms with Crippen molar-refractivity contribution >= 4 is 84.7 Å². The molecule has 9 N–H and O–H groups in total. The number of ether oxygens (including phenoxy) is 3. The first kappa shape index (κ1) is 75.8. The van der Waals surface area contributed by atoms with Crippen LogP contribution in [0.5, 0.6) is 0 Å². The minimum absolute atomic E-state index is 0. The summed E-state index contributed by atoms with van der Waals surface area (Å²) in [6.07, 6.45) is 13.5. The van der Waals surface area contributed by atoms with Gasteiger partial charge in [0, 0.05) is 50.8 Å². The molecule has 0 atom stereocenters. The number of rotatable bonds is 19. The minimum atomic E-state index is -4.02. The second-order valence-corrected chi connectivity index (χ2v) is 10.4. The Morgan fingerprint density at radius 1 is 0.750 bits per heavy atom. The molecule has 0 fully saturated rings. The number of nitrogens with two attached hydrogens (primary N) is 3. The Labute approximate surface area is 370 Å². The van der Waals surface area contributed by atoms with Gasteiger partial charge in [0.1, 0.15) is 25.3 Å². The SMILES string of the molecule is C.CCOC(=O)CN.COC(=O)CC=O.COC=O.Cc1ccc(S(=O)(=O)O)cc1.Cl.NCCN.O=CCC=NCCN=CCC=O.OC=CC=NCCN=CC=CO.[Fe+2]. The number of aldehydes is 3. The summed E-state index contributed by atoms with van der Waals surface area (Å²) in [5.41, 5.74) is 15.6. The molecule has 0 aromatic heterocycles. The number of hydrogen-bond acceptors (Lipinski definition) is 20. The first-order valence-corrected chi connectivity index (χ1v) is 17.9. The normalized spacial score (nSPS) is 9.60. The summed E-state index contributed by atoms with van der Waals surface area (Å²) in [6, 6.07) is 5.99. The number of aryl methyl sites for hydroxylation is 1. The molecule has 1 rings (SSSR count). The number of esters is 2. The molecule has 0 spiro atoms. The van der Waals surface area contributed by atoms with Crippen LogP contribution in [0.1, 0.15) is 39.2 Å². The Hall–Kier alpha value is -5.00. The van der Waals surface area contributed by atoms with Gasteiger partial charge >= 0.3 is 29.0 Å². The second-order valence-electron chi connectivity index (χ2n) is 8.93. The maximum absolute atomic E-state index is 10.5. The first-order valence-electron chi connectivity index (χ1n) is 16.5. The van der Waals surface area contributed by atoms with Crippen LogP contribution in [0.4, 0.5) is 0 Å². The standard InChI is InChI=1S/2C8H12N2O2.C7H8O3S.C4H9NO2.C4H6O3.C2H8N2.C2H4O2.CH4.ClH.Fe/c2*11-7-1-3-9-5-6-10-4-2-8-12;1-6-2-4-7(5-3-6)11(8,9)10;1-2-7-4(6)3-5;1-7-4(6)2-3-5;3-1-2-4;1-4-2-3;;;/h3-4,7-8H,1-2,5-6H2;1-4,7-8,11-12H,5-6H2;2-5H,1H3,(H,8,9,10);2-3,5H2,1H3;3H,2H2,1H3;1-4H2;2H,1H3;1H4;1H;/q;;;;;;;;;+2. The molecule has 0 radical (unpaired) electrons. The van der Waals surface area contributed by atoms with Crippen LogP contribution in [0, 0.1) is 6.92 Å². The molecule has 0 bridgehead atoms. The van der Waals surface area contributed by atoms with Gasteiger partial charge in [-0.2, -0.15) is 8.42 Å². The van der Waals surface area contributed by atoms with Gasteiger partial charge in [-0.15, -0.1) is 12.4 Å². The molecule has 0 aliphatic rings. The predicted octanol–water partition coefficient (Wildman–Crippen LogP) is 1.82. The molecule has 1 aromatic carbocycles. The van der Waals surface area contributed by atoms with Gasteiger partial charge in [0.05, 0.1) is 71.0 Å². The van der Waals surface area contributed by atoms with Gasteiger partial charge in [-0.05, 0) is 38.1 Å². The molecule has 0 unspecified atom stereocenters. The monoisotopic (exact) mass is 941 g/mol. The van der Waals surface area contributed by atoms with Crippen molar-refractivity contribution in [2.45, 2.75) is 45.4 Å². The van der Waals surface area contributed by atoms with E-state index in [1.54, 1.807) is 31.5 Å². The Bertz CT molecular complexity index is 1360. The van der Waals surface area contributed by atoms with Crippen molar-refractivity contribution in [3.8, 4) is 0 Å². The van der Waals surface area contributed by atoms with Crippen LogP contribution in [-0.4, -0.2) is 152 Å². The number of hydrogen-bond donors (Lipinski definition) is 6. The zero-order valence-corrected chi connectivity index (χ0v) is 36.3. The van der Waals surface area contributed by atoms with Gasteiger partial charge in [0.15, 0.2) is 0 Å². The van der Waals surface area contributed by atoms with Gasteiger partial charge in [0.25, 0.3) is 16.6 Å². The van der Waals surface area contributed by atoms with Crippen LogP contribution >= 0.6 is 12.4 Å². The number of halogens is 1. The molecule has 0 saturated heterocycles. The maximum atomic E-state index is 10.5. The molecule has 0 aliphatic heterocycles. The largest absolute Gasteiger partial charge is 2.00 e. The smallest absolute Gasteiger partial charge is 0.516 e. The fraction of sp³-hybridized carbons (Fsp3) is 0.444. The Kier molecular flexibility index (Phi) is 86.7. The molecule has 1 aromatic rings. The quantitative estimate of drug-likeness (QED) is 0.0133. The van der Waals surface area contributed by atoms with Crippen molar-refractivity contribution in [1.29, 1.82) is 0 Å². The van der Waals surface area contributed by atoms with Gasteiger partial charge in [0.2, 0.25) is 0 Å². The van der Waals surface area contributed by atoms with Crippen molar-refractivity contribution in [2.24, 2.45) is 37.2 Å². The Morgan fingerprint density at radius 2 is 1.15 bits per heavy atom. The van der Waals surface area contributed by atoms with E-state index in [0.717, 1.165) is 30.7 Å². The number of nitrogens with zero attached hydrogens (tertiary/aromatic N) is 4. The molecule has 346 valence electrons.